The molecular weight excluding hydrogens is 877 g/mol. The lowest BCUT2D eigenvalue weighted by Crippen LogP contribution is -2.74. The predicted molar refractivity (Wildman–Crippen MR) is 301 cm³/mol. The lowest BCUT2D eigenvalue weighted by atomic mass is 10.1. The second kappa shape index (κ2) is 15.4. The Bertz CT molecular complexity index is 4340. The maximum Gasteiger partial charge on any atom is 0.179 e. The number of para-hydroxylation sites is 3. The van der Waals surface area contributed by atoms with Gasteiger partial charge in [-0.2, -0.15) is 0 Å². The normalized spacial score (nSPS) is 12.2. The maximum absolute atomic E-state index is 2.80. The van der Waals surface area contributed by atoms with E-state index in [-0.39, 0.29) is 0 Å². The Hall–Kier alpha value is -9.16. The van der Waals surface area contributed by atoms with Gasteiger partial charge in [0, 0.05) is 55.1 Å². The molecule has 4 nitrogen and oxygen atoms in total. The predicted octanol–water partition coefficient (Wildman–Crippen LogP) is 13.7. The second-order valence-corrected chi connectivity index (χ2v) is 22.7. The molecule has 0 unspecified atom stereocenters. The zero-order valence-corrected chi connectivity index (χ0v) is 39.7. The van der Waals surface area contributed by atoms with Gasteiger partial charge in [-0.25, -0.2) is 0 Å². The van der Waals surface area contributed by atoms with Crippen LogP contribution in [0.25, 0.3) is 99.2 Å². The van der Waals surface area contributed by atoms with Crippen LogP contribution >= 0.6 is 0 Å². The molecule has 0 fully saturated rings. The van der Waals surface area contributed by atoms with Crippen molar-refractivity contribution in [1.29, 1.82) is 0 Å². The molecule has 0 atom stereocenters. The fraction of sp³-hybridized carbons (Fsp3) is 0. The van der Waals surface area contributed by atoms with Gasteiger partial charge in [0.05, 0.1) is 44.1 Å². The fourth-order valence-electron chi connectivity index (χ4n) is 12.4. The summed E-state index contributed by atoms with van der Waals surface area (Å²) in [6, 6.07) is 99.2. The number of aromatic nitrogens is 4. The molecule has 0 saturated carbocycles. The first kappa shape index (κ1) is 39.8. The van der Waals surface area contributed by atoms with E-state index in [4.69, 9.17) is 0 Å². The van der Waals surface area contributed by atoms with Gasteiger partial charge < -0.3 is 18.3 Å². The summed E-state index contributed by atoms with van der Waals surface area (Å²) in [7, 11) is -2.80. The third kappa shape index (κ3) is 5.66. The highest BCUT2D eigenvalue weighted by atomic mass is 28.3. The molecule has 0 spiro atoms. The van der Waals surface area contributed by atoms with Crippen molar-refractivity contribution in [1.82, 2.24) is 18.3 Å². The average molecular weight is 921 g/mol. The minimum absolute atomic E-state index is 1.12. The smallest absolute Gasteiger partial charge is 0.179 e. The SMILES string of the molecule is c1ccc(-n2c3cccc4c3c3c2cccc3n4-c2cccc(-n3c4ccccc4c4cc(-n5c6ccccc6c6ccc([Si](c7ccccc7)(c7ccccc7)c7ccccc7)cc65)ccc43)c2)cc1. The minimum atomic E-state index is -2.80. The van der Waals surface area contributed by atoms with E-state index in [1.807, 2.05) is 0 Å². The maximum atomic E-state index is 2.52. The number of nitrogens with zero attached hydrogens (tertiary/aromatic N) is 4. The average Bonchev–Trinajstić information content (AvgIpc) is 4.18. The highest BCUT2D eigenvalue weighted by Crippen LogP contribution is 2.43. The first-order valence-electron chi connectivity index (χ1n) is 24.5. The molecule has 5 heteroatoms. The number of rotatable bonds is 8. The van der Waals surface area contributed by atoms with Crippen LogP contribution in [0.3, 0.4) is 0 Å². The first-order valence-corrected chi connectivity index (χ1v) is 26.5. The zero-order valence-electron chi connectivity index (χ0n) is 38.7. The Balaban J connectivity index is 0.929. The summed E-state index contributed by atoms with van der Waals surface area (Å²) in [6.07, 6.45) is 0. The van der Waals surface area contributed by atoms with Crippen LogP contribution in [0.4, 0.5) is 0 Å². The van der Waals surface area contributed by atoms with Crippen LogP contribution in [-0.4, -0.2) is 26.3 Å². The molecule has 0 aliphatic heterocycles. The van der Waals surface area contributed by atoms with Crippen LogP contribution in [-0.2, 0) is 0 Å². The Kier molecular flexibility index (Phi) is 8.64. The zero-order chi connectivity index (χ0) is 46.6. The first-order chi connectivity index (χ1) is 35.3. The van der Waals surface area contributed by atoms with E-state index in [1.165, 1.54) is 103 Å². The van der Waals surface area contributed by atoms with E-state index >= 15 is 0 Å². The lowest BCUT2D eigenvalue weighted by molar-refractivity contribution is 1.13. The fourth-order valence-corrected chi connectivity index (χ4v) is 17.2. The topological polar surface area (TPSA) is 19.7 Å². The molecule has 4 heterocycles. The van der Waals surface area contributed by atoms with Gasteiger partial charge in [0.25, 0.3) is 0 Å². The molecule has 0 saturated heterocycles. The van der Waals surface area contributed by atoms with Crippen LogP contribution in [0.2, 0.25) is 0 Å². The molecule has 15 aromatic rings. The van der Waals surface area contributed by atoms with E-state index in [9.17, 15) is 0 Å². The van der Waals surface area contributed by atoms with E-state index in [0.29, 0.717) is 0 Å². The van der Waals surface area contributed by atoms with Crippen molar-refractivity contribution in [2.24, 2.45) is 0 Å². The summed E-state index contributed by atoms with van der Waals surface area (Å²) < 4.78 is 9.82. The number of hydrogen-bond donors (Lipinski definition) is 0. The monoisotopic (exact) mass is 920 g/mol. The molecule has 0 amide bonds. The lowest BCUT2D eigenvalue weighted by Gasteiger charge is -2.34. The van der Waals surface area contributed by atoms with Gasteiger partial charge in [-0.15, -0.1) is 0 Å². The summed E-state index contributed by atoms with van der Waals surface area (Å²) in [5.41, 5.74) is 14.2. The van der Waals surface area contributed by atoms with E-state index in [1.54, 1.807) is 0 Å². The van der Waals surface area contributed by atoms with Crippen molar-refractivity contribution in [2.45, 2.75) is 0 Å². The van der Waals surface area contributed by atoms with Gasteiger partial charge in [0.1, 0.15) is 0 Å². The highest BCUT2D eigenvalue weighted by molar-refractivity contribution is 7.20. The standard InChI is InChI=1S/C66H44N4Si/c1-5-20-45(21-6-1)67-60-34-18-36-62-65(60)66-61(67)35-19-37-63(66)70(62)47-23-17-22-46(42-47)68-58-33-16-14-31-54(58)56-43-48(38-41-59(56)68)69-57-32-15-13-30-53(57)55-40-39-52(44-64(55)69)71(49-24-7-2-8-25-49,50-26-9-3-10-27-50)51-28-11-4-12-29-51/h1-44H. The van der Waals surface area contributed by atoms with Crippen LogP contribution in [0.1, 0.15) is 0 Å². The molecule has 0 aliphatic rings. The van der Waals surface area contributed by atoms with Crippen molar-refractivity contribution in [3.05, 3.63) is 267 Å². The van der Waals surface area contributed by atoms with Gasteiger partial charge in [0.2, 0.25) is 0 Å². The molecular formula is C66H44N4Si. The molecule has 4 aromatic heterocycles. The molecule has 15 rings (SSSR count). The molecule has 332 valence electrons. The van der Waals surface area contributed by atoms with Crippen LogP contribution in [0, 0.1) is 0 Å². The molecule has 0 aliphatic carbocycles. The summed E-state index contributed by atoms with van der Waals surface area (Å²) >= 11 is 0. The van der Waals surface area contributed by atoms with Crippen molar-refractivity contribution in [3.8, 4) is 22.7 Å². The van der Waals surface area contributed by atoms with E-state index in [2.05, 4.69) is 285 Å². The van der Waals surface area contributed by atoms with Crippen LogP contribution in [0.15, 0.2) is 267 Å². The third-order valence-electron chi connectivity index (χ3n) is 15.3. The summed E-state index contributed by atoms with van der Waals surface area (Å²) in [4.78, 5) is 0. The molecule has 71 heavy (non-hydrogen) atoms. The van der Waals surface area contributed by atoms with Crippen molar-refractivity contribution < 1.29 is 0 Å². The number of fused-ring (bicyclic) bond motifs is 6. The third-order valence-corrected chi connectivity index (χ3v) is 20.0. The van der Waals surface area contributed by atoms with Gasteiger partial charge >= 0.3 is 0 Å². The highest BCUT2D eigenvalue weighted by Gasteiger charge is 2.41. The van der Waals surface area contributed by atoms with Crippen LogP contribution < -0.4 is 20.7 Å². The van der Waals surface area contributed by atoms with Gasteiger partial charge in [-0.1, -0.05) is 176 Å². The van der Waals surface area contributed by atoms with Gasteiger partial charge in [-0.3, -0.25) is 0 Å². The Morgan fingerprint density at radius 1 is 0.197 bits per heavy atom. The van der Waals surface area contributed by atoms with Gasteiger partial charge in [0.15, 0.2) is 8.07 Å². The molecule has 0 bridgehead atoms. The van der Waals surface area contributed by atoms with Crippen molar-refractivity contribution in [2.75, 3.05) is 0 Å². The molecule has 0 N–H and O–H groups in total. The Morgan fingerprint density at radius 3 is 1.11 bits per heavy atom. The summed E-state index contributed by atoms with van der Waals surface area (Å²) in [6.45, 7) is 0. The molecule has 0 radical (unpaired) electrons. The quantitative estimate of drug-likeness (QED) is 0.107. The summed E-state index contributed by atoms with van der Waals surface area (Å²) in [5, 5.41) is 13.0. The van der Waals surface area contributed by atoms with E-state index in [0.717, 1.165) is 17.1 Å². The number of hydrogen-bond acceptors (Lipinski definition) is 0. The number of benzene rings is 11. The minimum Gasteiger partial charge on any atom is -0.309 e. The summed E-state index contributed by atoms with van der Waals surface area (Å²) in [5.74, 6) is 0. The van der Waals surface area contributed by atoms with Gasteiger partial charge in [-0.05, 0) is 112 Å². The Labute approximate surface area is 411 Å². The molecule has 11 aromatic carbocycles. The van der Waals surface area contributed by atoms with Crippen LogP contribution in [0.5, 0.6) is 0 Å². The van der Waals surface area contributed by atoms with Crippen molar-refractivity contribution >= 4 is 105 Å². The second-order valence-electron chi connectivity index (χ2n) is 18.9. The largest absolute Gasteiger partial charge is 0.309 e. The Morgan fingerprint density at radius 2 is 0.563 bits per heavy atom. The van der Waals surface area contributed by atoms with E-state index < -0.39 is 8.07 Å². The van der Waals surface area contributed by atoms with Crippen molar-refractivity contribution in [3.63, 3.8) is 0 Å².